The van der Waals surface area contributed by atoms with Gasteiger partial charge in [0.05, 0.1) is 11.2 Å². The molecule has 2 heterocycles. The summed E-state index contributed by atoms with van der Waals surface area (Å²) in [6.45, 7) is 4.80. The fraction of sp³-hybridized carbons (Fsp3) is 0.500. The molecule has 1 fully saturated rings. The maximum atomic E-state index is 12.9. The number of carbonyl (C=O) groups excluding carboxylic acids is 1. The number of allylic oxidation sites excluding steroid dienone is 1. The number of rotatable bonds is 6. The Morgan fingerprint density at radius 1 is 1.35 bits per heavy atom. The summed E-state index contributed by atoms with van der Waals surface area (Å²) in [5, 5.41) is 6.65. The molecule has 1 aromatic rings. The van der Waals surface area contributed by atoms with E-state index in [0.29, 0.717) is 35.7 Å². The average molecular weight is 445 g/mol. The van der Waals surface area contributed by atoms with E-state index in [2.05, 4.69) is 43.7 Å². The molecular weight excluding hydrogens is 412 g/mol. The number of hydrogen-bond donors (Lipinski definition) is 3. The standard InChI is InChI=1S/C22H32N6O2S/c1-15(20(23)28-13-16(12-24-2)18-6-4-5-7-19(18)28)26-22(31-14-25-3)21(29)27-17-8-10-30-11-9-17/h4-7,14,16-17,24H,8-13,23H2,1-3H3,(H,27,29)/b20-15-,25-14+,26-22-. The first-order valence-electron chi connectivity index (χ1n) is 10.6. The van der Waals surface area contributed by atoms with Crippen molar-refractivity contribution in [1.29, 1.82) is 0 Å². The Hall–Kier alpha value is -2.36. The van der Waals surface area contributed by atoms with Crippen LogP contribution in [-0.2, 0) is 9.53 Å². The van der Waals surface area contributed by atoms with Crippen molar-refractivity contribution in [2.45, 2.75) is 31.7 Å². The van der Waals surface area contributed by atoms with E-state index in [4.69, 9.17) is 10.5 Å². The maximum Gasteiger partial charge on any atom is 0.277 e. The molecular formula is C22H32N6O2S. The number of benzene rings is 1. The van der Waals surface area contributed by atoms with Gasteiger partial charge >= 0.3 is 0 Å². The van der Waals surface area contributed by atoms with Crippen LogP contribution in [0.15, 0.2) is 45.8 Å². The van der Waals surface area contributed by atoms with Gasteiger partial charge in [-0.05, 0) is 38.4 Å². The Morgan fingerprint density at radius 3 is 2.81 bits per heavy atom. The topological polar surface area (TPSA) is 104 Å². The number of nitrogens with two attached hydrogens (primary N) is 1. The van der Waals surface area contributed by atoms with Gasteiger partial charge in [0.1, 0.15) is 5.82 Å². The number of amides is 1. The molecule has 1 atom stereocenters. The molecule has 0 saturated carbocycles. The number of nitrogens with zero attached hydrogens (tertiary/aromatic N) is 3. The molecule has 1 amide bonds. The van der Waals surface area contributed by atoms with E-state index in [1.54, 1.807) is 12.6 Å². The lowest BCUT2D eigenvalue weighted by molar-refractivity contribution is -0.115. The van der Waals surface area contributed by atoms with Gasteiger partial charge in [0.2, 0.25) is 0 Å². The second-order valence-corrected chi connectivity index (χ2v) is 8.49. The maximum absolute atomic E-state index is 12.9. The van der Waals surface area contributed by atoms with E-state index in [0.717, 1.165) is 31.6 Å². The highest BCUT2D eigenvalue weighted by Crippen LogP contribution is 2.37. The summed E-state index contributed by atoms with van der Waals surface area (Å²) in [5.74, 6) is 0.685. The van der Waals surface area contributed by atoms with Crippen LogP contribution in [0.4, 0.5) is 5.69 Å². The molecule has 2 aliphatic rings. The first-order chi connectivity index (χ1) is 15.0. The largest absolute Gasteiger partial charge is 0.384 e. The lowest BCUT2D eigenvalue weighted by Gasteiger charge is -2.23. The smallest absolute Gasteiger partial charge is 0.277 e. The minimum Gasteiger partial charge on any atom is -0.384 e. The van der Waals surface area contributed by atoms with Crippen LogP contribution < -0.4 is 21.3 Å². The Morgan fingerprint density at radius 2 is 2.10 bits per heavy atom. The van der Waals surface area contributed by atoms with E-state index in [1.165, 1.54) is 17.3 Å². The summed E-state index contributed by atoms with van der Waals surface area (Å²) in [6.07, 6.45) is 1.61. The minimum atomic E-state index is -0.209. The van der Waals surface area contributed by atoms with Crippen molar-refractivity contribution in [3.8, 4) is 0 Å². The van der Waals surface area contributed by atoms with Crippen molar-refractivity contribution >= 4 is 33.9 Å². The Balaban J connectivity index is 1.84. The van der Waals surface area contributed by atoms with E-state index in [-0.39, 0.29) is 11.9 Å². The number of likely N-dealkylation sites (N-methyl/N-ethyl adjacent to an activating group) is 1. The normalized spacial score (nSPS) is 20.7. The van der Waals surface area contributed by atoms with Crippen molar-refractivity contribution in [3.63, 3.8) is 0 Å². The molecule has 9 heteroatoms. The van der Waals surface area contributed by atoms with Crippen LogP contribution in [0.1, 0.15) is 31.2 Å². The van der Waals surface area contributed by atoms with E-state index in [1.807, 2.05) is 20.0 Å². The molecule has 1 unspecified atom stereocenters. The zero-order valence-corrected chi connectivity index (χ0v) is 19.2. The summed E-state index contributed by atoms with van der Waals surface area (Å²) in [7, 11) is 3.62. The number of para-hydroxylation sites is 1. The molecule has 8 nitrogen and oxygen atoms in total. The van der Waals surface area contributed by atoms with Crippen LogP contribution in [-0.4, -0.2) is 62.9 Å². The van der Waals surface area contributed by atoms with Crippen molar-refractivity contribution in [1.82, 2.24) is 10.6 Å². The summed E-state index contributed by atoms with van der Waals surface area (Å²) in [4.78, 5) is 23.6. The first-order valence-corrected chi connectivity index (χ1v) is 11.4. The van der Waals surface area contributed by atoms with Crippen molar-refractivity contribution in [3.05, 3.63) is 41.3 Å². The Bertz CT molecular complexity index is 863. The second kappa shape index (κ2) is 11.3. The van der Waals surface area contributed by atoms with Crippen LogP contribution in [0, 0.1) is 0 Å². The number of carbonyl (C=O) groups is 1. The van der Waals surface area contributed by atoms with E-state index >= 15 is 0 Å². The van der Waals surface area contributed by atoms with Gasteiger partial charge in [0, 0.05) is 51.0 Å². The third-order valence-corrected chi connectivity index (χ3v) is 6.29. The molecule has 2 aliphatic heterocycles. The molecule has 0 aromatic heterocycles. The number of anilines is 1. The number of aliphatic imine (C=N–C) groups is 2. The number of thioether (sulfide) groups is 1. The monoisotopic (exact) mass is 444 g/mol. The number of ether oxygens (including phenoxy) is 1. The Kier molecular flexibility index (Phi) is 8.51. The van der Waals surface area contributed by atoms with Gasteiger partial charge < -0.3 is 26.0 Å². The summed E-state index contributed by atoms with van der Waals surface area (Å²) < 4.78 is 5.37. The average Bonchev–Trinajstić information content (AvgIpc) is 3.15. The van der Waals surface area contributed by atoms with Gasteiger partial charge in [-0.25, -0.2) is 4.99 Å². The van der Waals surface area contributed by atoms with Crippen molar-refractivity contribution < 1.29 is 9.53 Å². The third-order valence-electron chi connectivity index (χ3n) is 5.47. The number of fused-ring (bicyclic) bond motifs is 1. The van der Waals surface area contributed by atoms with Crippen LogP contribution in [0.5, 0.6) is 0 Å². The van der Waals surface area contributed by atoms with Crippen molar-refractivity contribution in [2.24, 2.45) is 15.7 Å². The quantitative estimate of drug-likeness (QED) is 0.458. The van der Waals surface area contributed by atoms with Crippen LogP contribution in [0.25, 0.3) is 0 Å². The van der Waals surface area contributed by atoms with Gasteiger partial charge in [-0.2, -0.15) is 0 Å². The van der Waals surface area contributed by atoms with Crippen LogP contribution >= 0.6 is 11.8 Å². The summed E-state index contributed by atoms with van der Waals surface area (Å²) >= 11 is 1.20. The SMILES string of the molecule is C/N=C/S/C(=N\C(C)=C(\N)N1CC(CNC)c2ccccc21)C(=O)NC1CCOCC1. The van der Waals surface area contributed by atoms with E-state index < -0.39 is 0 Å². The van der Waals surface area contributed by atoms with Crippen LogP contribution in [0.3, 0.4) is 0 Å². The molecule has 1 aromatic carbocycles. The van der Waals surface area contributed by atoms with Gasteiger partial charge in [0.25, 0.3) is 5.91 Å². The highest BCUT2D eigenvalue weighted by atomic mass is 32.2. The molecule has 168 valence electrons. The molecule has 0 aliphatic carbocycles. The molecule has 1 saturated heterocycles. The predicted octanol–water partition coefficient (Wildman–Crippen LogP) is 2.04. The molecule has 0 bridgehead atoms. The third kappa shape index (κ3) is 5.87. The molecule has 31 heavy (non-hydrogen) atoms. The van der Waals surface area contributed by atoms with Crippen molar-refractivity contribution in [2.75, 3.05) is 45.3 Å². The molecule has 0 radical (unpaired) electrons. The number of hydrogen-bond acceptors (Lipinski definition) is 8. The summed E-state index contributed by atoms with van der Waals surface area (Å²) in [6, 6.07) is 8.38. The lowest BCUT2D eigenvalue weighted by Crippen LogP contribution is -2.41. The number of nitrogens with one attached hydrogen (secondary N) is 2. The minimum absolute atomic E-state index is 0.0972. The second-order valence-electron chi connectivity index (χ2n) is 7.65. The lowest BCUT2D eigenvalue weighted by atomic mass is 10.0. The molecule has 3 rings (SSSR count). The first kappa shape index (κ1) is 23.3. The fourth-order valence-corrected chi connectivity index (χ4v) is 4.43. The predicted molar refractivity (Wildman–Crippen MR) is 129 cm³/mol. The van der Waals surface area contributed by atoms with Gasteiger partial charge in [-0.1, -0.05) is 30.0 Å². The fourth-order valence-electron chi connectivity index (χ4n) is 3.87. The van der Waals surface area contributed by atoms with Crippen LogP contribution in [0.2, 0.25) is 0 Å². The molecule has 4 N–H and O–H groups in total. The zero-order valence-electron chi connectivity index (χ0n) is 18.4. The summed E-state index contributed by atoms with van der Waals surface area (Å²) in [5.41, 5.74) is 11.1. The van der Waals surface area contributed by atoms with E-state index in [9.17, 15) is 4.79 Å². The highest BCUT2D eigenvalue weighted by Gasteiger charge is 2.30. The Labute approximate surface area is 188 Å². The highest BCUT2D eigenvalue weighted by molar-refractivity contribution is 8.26. The zero-order chi connectivity index (χ0) is 22.2. The van der Waals surface area contributed by atoms with Gasteiger partial charge in [-0.3, -0.25) is 9.79 Å². The van der Waals surface area contributed by atoms with Gasteiger partial charge in [-0.15, -0.1) is 0 Å². The molecule has 0 spiro atoms. The van der Waals surface area contributed by atoms with Gasteiger partial charge in [0.15, 0.2) is 5.04 Å².